The average Bonchev–Trinajstić information content (AvgIpc) is 3.38. The standard InChI is InChI=1S/C19H22F3N5O2S/c1-26(17-14(8-23)9-25-18-16(17)2-4-24-18)15-6-12-10-27(11-13(12)7-15)30(28,29)5-3-19(20,21)22/h2,4,9,12-13,15H,3,5-7,10-11H2,1H3,(H,24,25)/t12-,13?,15+/m1/s1. The predicted octanol–water partition coefficient (Wildman–Crippen LogP) is 2.86. The summed E-state index contributed by atoms with van der Waals surface area (Å²) in [6, 6.07) is 4.18. The summed E-state index contributed by atoms with van der Waals surface area (Å²) in [4.78, 5) is 9.36. The van der Waals surface area contributed by atoms with Crippen molar-refractivity contribution in [2.45, 2.75) is 31.5 Å². The number of rotatable bonds is 5. The first kappa shape index (κ1) is 20.9. The zero-order valence-electron chi connectivity index (χ0n) is 16.4. The Morgan fingerprint density at radius 2 is 2.00 bits per heavy atom. The maximum Gasteiger partial charge on any atom is 0.390 e. The summed E-state index contributed by atoms with van der Waals surface area (Å²) >= 11 is 0. The van der Waals surface area contributed by atoms with Gasteiger partial charge in [0.05, 0.1) is 23.4 Å². The second-order valence-corrected chi connectivity index (χ2v) is 10.2. The highest BCUT2D eigenvalue weighted by Gasteiger charge is 2.46. The highest BCUT2D eigenvalue weighted by atomic mass is 32.2. The zero-order chi connectivity index (χ0) is 21.7. The van der Waals surface area contributed by atoms with Crippen LogP contribution in [0.2, 0.25) is 0 Å². The summed E-state index contributed by atoms with van der Waals surface area (Å²) in [7, 11) is -1.99. The normalized spacial score (nSPS) is 24.8. The van der Waals surface area contributed by atoms with Crippen LogP contribution < -0.4 is 4.90 Å². The summed E-state index contributed by atoms with van der Waals surface area (Å²) in [6.07, 6.45) is -1.04. The van der Waals surface area contributed by atoms with Gasteiger partial charge in [-0.3, -0.25) is 0 Å². The Morgan fingerprint density at radius 3 is 2.60 bits per heavy atom. The van der Waals surface area contributed by atoms with E-state index in [0.29, 0.717) is 11.2 Å². The minimum absolute atomic E-state index is 0.104. The number of anilines is 1. The molecule has 2 aliphatic rings. The summed E-state index contributed by atoms with van der Waals surface area (Å²) < 4.78 is 63.2. The van der Waals surface area contributed by atoms with E-state index in [1.807, 2.05) is 13.1 Å². The van der Waals surface area contributed by atoms with Gasteiger partial charge >= 0.3 is 6.18 Å². The number of halogens is 3. The van der Waals surface area contributed by atoms with Crippen LogP contribution in [-0.2, 0) is 10.0 Å². The quantitative estimate of drug-likeness (QED) is 0.770. The van der Waals surface area contributed by atoms with E-state index in [9.17, 15) is 26.9 Å². The molecule has 7 nitrogen and oxygen atoms in total. The molecular formula is C19H22F3N5O2S. The number of aromatic nitrogens is 2. The van der Waals surface area contributed by atoms with Crippen molar-refractivity contribution >= 4 is 26.7 Å². The molecule has 4 rings (SSSR count). The molecule has 0 aromatic carbocycles. The highest BCUT2D eigenvalue weighted by molar-refractivity contribution is 7.89. The SMILES string of the molecule is CN(c1c(C#N)cnc2[nH]ccc12)[C@@H]1CC2CN(S(=O)(=O)CCC(F)(F)F)C[C@H]2C1. The number of pyridine rings is 1. The van der Waals surface area contributed by atoms with Gasteiger partial charge in [-0.15, -0.1) is 0 Å². The van der Waals surface area contributed by atoms with Gasteiger partial charge in [0.25, 0.3) is 0 Å². The first-order valence-corrected chi connectivity index (χ1v) is 11.3. The van der Waals surface area contributed by atoms with Crippen LogP contribution in [0, 0.1) is 23.2 Å². The van der Waals surface area contributed by atoms with Crippen molar-refractivity contribution in [1.82, 2.24) is 14.3 Å². The van der Waals surface area contributed by atoms with Crippen LogP contribution in [0.15, 0.2) is 18.5 Å². The number of nitrogens with one attached hydrogen (secondary N) is 1. The topological polar surface area (TPSA) is 93.1 Å². The number of sulfonamides is 1. The molecule has 1 aliphatic carbocycles. The summed E-state index contributed by atoms with van der Waals surface area (Å²) in [5.74, 6) is -0.688. The van der Waals surface area contributed by atoms with Gasteiger partial charge in [0, 0.05) is 44.0 Å². The molecule has 2 fully saturated rings. The van der Waals surface area contributed by atoms with Crippen molar-refractivity contribution in [1.29, 1.82) is 5.26 Å². The molecule has 11 heteroatoms. The molecule has 3 atom stereocenters. The fraction of sp³-hybridized carbons (Fsp3) is 0.579. The molecule has 0 amide bonds. The lowest BCUT2D eigenvalue weighted by Gasteiger charge is -2.29. The van der Waals surface area contributed by atoms with Crippen molar-refractivity contribution in [3.8, 4) is 6.07 Å². The smallest absolute Gasteiger partial charge is 0.370 e. The van der Waals surface area contributed by atoms with E-state index in [0.717, 1.165) is 23.9 Å². The molecular weight excluding hydrogens is 419 g/mol. The van der Waals surface area contributed by atoms with E-state index < -0.39 is 28.4 Å². The molecule has 0 radical (unpaired) electrons. The van der Waals surface area contributed by atoms with Crippen molar-refractivity contribution in [2.24, 2.45) is 11.8 Å². The molecule has 0 spiro atoms. The van der Waals surface area contributed by atoms with Crippen LogP contribution in [0.5, 0.6) is 0 Å². The van der Waals surface area contributed by atoms with Crippen LogP contribution in [0.3, 0.4) is 0 Å². The average molecular weight is 441 g/mol. The first-order chi connectivity index (χ1) is 14.1. The lowest BCUT2D eigenvalue weighted by Crippen LogP contribution is -2.36. The molecule has 2 aromatic heterocycles. The van der Waals surface area contributed by atoms with Gasteiger partial charge in [-0.1, -0.05) is 0 Å². The monoisotopic (exact) mass is 441 g/mol. The van der Waals surface area contributed by atoms with Crippen LogP contribution in [0.25, 0.3) is 11.0 Å². The Labute approximate surface area is 172 Å². The molecule has 30 heavy (non-hydrogen) atoms. The molecule has 1 N–H and O–H groups in total. The fourth-order valence-electron chi connectivity index (χ4n) is 4.78. The lowest BCUT2D eigenvalue weighted by atomic mass is 10.0. The van der Waals surface area contributed by atoms with Gasteiger partial charge in [-0.05, 0) is 30.7 Å². The molecule has 3 heterocycles. The number of hydrogen-bond donors (Lipinski definition) is 1. The van der Waals surface area contributed by atoms with Crippen LogP contribution in [0.1, 0.15) is 24.8 Å². The number of nitriles is 1. The Bertz CT molecular complexity index is 1080. The molecule has 1 saturated heterocycles. The number of alkyl halides is 3. The summed E-state index contributed by atoms with van der Waals surface area (Å²) in [5, 5.41) is 10.4. The summed E-state index contributed by atoms with van der Waals surface area (Å²) in [6.45, 7) is 0.520. The third kappa shape index (κ3) is 3.86. The van der Waals surface area contributed by atoms with Gasteiger partial charge < -0.3 is 9.88 Å². The maximum atomic E-state index is 12.4. The van der Waals surface area contributed by atoms with E-state index in [1.165, 1.54) is 10.5 Å². The van der Waals surface area contributed by atoms with Crippen molar-refractivity contribution in [2.75, 3.05) is 30.8 Å². The minimum Gasteiger partial charge on any atom is -0.370 e. The van der Waals surface area contributed by atoms with E-state index in [1.54, 1.807) is 6.20 Å². The van der Waals surface area contributed by atoms with E-state index in [4.69, 9.17) is 0 Å². The van der Waals surface area contributed by atoms with Gasteiger partial charge in [-0.25, -0.2) is 17.7 Å². The van der Waals surface area contributed by atoms with E-state index >= 15 is 0 Å². The third-order valence-electron chi connectivity index (χ3n) is 6.31. The number of hydrogen-bond acceptors (Lipinski definition) is 5. The number of fused-ring (bicyclic) bond motifs is 2. The Morgan fingerprint density at radius 1 is 1.33 bits per heavy atom. The Balaban J connectivity index is 1.46. The van der Waals surface area contributed by atoms with Gasteiger partial charge in [0.2, 0.25) is 10.0 Å². The number of aromatic amines is 1. The third-order valence-corrected chi connectivity index (χ3v) is 8.11. The van der Waals surface area contributed by atoms with Crippen molar-refractivity contribution in [3.63, 3.8) is 0 Å². The Hall–Kier alpha value is -2.32. The summed E-state index contributed by atoms with van der Waals surface area (Å²) in [5.41, 5.74) is 1.96. The molecule has 2 aromatic rings. The van der Waals surface area contributed by atoms with Crippen LogP contribution in [0.4, 0.5) is 18.9 Å². The first-order valence-electron chi connectivity index (χ1n) is 9.72. The van der Waals surface area contributed by atoms with Crippen LogP contribution >= 0.6 is 0 Å². The number of nitrogens with zero attached hydrogens (tertiary/aromatic N) is 4. The van der Waals surface area contributed by atoms with Crippen molar-refractivity contribution < 1.29 is 21.6 Å². The second-order valence-electron chi connectivity index (χ2n) is 8.13. The molecule has 1 saturated carbocycles. The van der Waals surface area contributed by atoms with E-state index in [2.05, 4.69) is 20.9 Å². The minimum atomic E-state index is -4.48. The van der Waals surface area contributed by atoms with Gasteiger partial charge in [0.1, 0.15) is 11.7 Å². The molecule has 0 bridgehead atoms. The van der Waals surface area contributed by atoms with Gasteiger partial charge in [0.15, 0.2) is 0 Å². The molecule has 162 valence electrons. The Kier molecular flexibility index (Phi) is 5.18. The zero-order valence-corrected chi connectivity index (χ0v) is 17.2. The highest BCUT2D eigenvalue weighted by Crippen LogP contribution is 2.43. The van der Waals surface area contributed by atoms with Crippen LogP contribution in [-0.4, -0.2) is 60.8 Å². The van der Waals surface area contributed by atoms with E-state index in [-0.39, 0.29) is 31.0 Å². The predicted molar refractivity (Wildman–Crippen MR) is 105 cm³/mol. The largest absolute Gasteiger partial charge is 0.390 e. The molecule has 1 unspecified atom stereocenters. The van der Waals surface area contributed by atoms with Crippen molar-refractivity contribution in [3.05, 3.63) is 24.0 Å². The lowest BCUT2D eigenvalue weighted by molar-refractivity contribution is -0.130. The maximum absolute atomic E-state index is 12.4. The second kappa shape index (κ2) is 7.42. The number of H-pyrrole nitrogens is 1. The van der Waals surface area contributed by atoms with Gasteiger partial charge in [-0.2, -0.15) is 18.4 Å². The fourth-order valence-corrected chi connectivity index (χ4v) is 6.37. The molecule has 1 aliphatic heterocycles.